The van der Waals surface area contributed by atoms with Gasteiger partial charge >= 0.3 is 0 Å². The average Bonchev–Trinajstić information content (AvgIpc) is 2.17. The highest BCUT2D eigenvalue weighted by atomic mass is 16.5. The zero-order chi connectivity index (χ0) is 10.6. The van der Waals surface area contributed by atoms with E-state index in [4.69, 9.17) is 10.5 Å². The van der Waals surface area contributed by atoms with Crippen LogP contribution in [0.5, 0.6) is 5.88 Å². The molecule has 0 aliphatic carbocycles. The van der Waals surface area contributed by atoms with Crippen molar-refractivity contribution in [2.45, 2.75) is 19.3 Å². The molecule has 0 aliphatic rings. The van der Waals surface area contributed by atoms with Gasteiger partial charge in [0.2, 0.25) is 11.8 Å². The summed E-state index contributed by atoms with van der Waals surface area (Å²) in [6.45, 7) is 1.94. The number of primary amides is 1. The molecule has 1 aromatic heterocycles. The van der Waals surface area contributed by atoms with Crippen LogP contribution in [-0.4, -0.2) is 18.0 Å². The molecule has 0 radical (unpaired) electrons. The van der Waals surface area contributed by atoms with E-state index in [1.807, 2.05) is 13.0 Å². The molecule has 1 heterocycles. The molecule has 1 rings (SSSR count). The minimum absolute atomic E-state index is 0.103. The van der Waals surface area contributed by atoms with Gasteiger partial charge in [0.25, 0.3) is 0 Å². The number of carbonyl (C=O) groups is 1. The van der Waals surface area contributed by atoms with Gasteiger partial charge in [0, 0.05) is 18.7 Å². The van der Waals surface area contributed by atoms with Crippen molar-refractivity contribution < 1.29 is 9.53 Å². The van der Waals surface area contributed by atoms with Crippen molar-refractivity contribution >= 4 is 5.91 Å². The smallest absolute Gasteiger partial charge is 0.218 e. The maximum absolute atomic E-state index is 10.7. The Kier molecular flexibility index (Phi) is 3.45. The molecule has 0 bridgehead atoms. The van der Waals surface area contributed by atoms with E-state index in [1.54, 1.807) is 19.4 Å². The Morgan fingerprint density at radius 1 is 1.64 bits per heavy atom. The number of rotatable bonds is 4. The summed E-state index contributed by atoms with van der Waals surface area (Å²) in [5.74, 6) is 0.374. The van der Waals surface area contributed by atoms with Gasteiger partial charge in [0.1, 0.15) is 0 Å². The Morgan fingerprint density at radius 2 is 2.36 bits per heavy atom. The Balaban J connectivity index is 2.71. The highest BCUT2D eigenvalue weighted by Gasteiger charge is 2.08. The first-order chi connectivity index (χ1) is 6.63. The van der Waals surface area contributed by atoms with Crippen LogP contribution in [0.3, 0.4) is 0 Å². The summed E-state index contributed by atoms with van der Waals surface area (Å²) in [5.41, 5.74) is 6.09. The number of hydrogen-bond donors (Lipinski definition) is 1. The van der Waals surface area contributed by atoms with Gasteiger partial charge in [-0.3, -0.25) is 4.79 Å². The van der Waals surface area contributed by atoms with Crippen LogP contribution in [-0.2, 0) is 4.79 Å². The van der Waals surface area contributed by atoms with Crippen LogP contribution < -0.4 is 10.5 Å². The second-order valence-corrected chi connectivity index (χ2v) is 3.21. The van der Waals surface area contributed by atoms with Gasteiger partial charge in [-0.15, -0.1) is 0 Å². The van der Waals surface area contributed by atoms with Crippen LogP contribution in [0.2, 0.25) is 0 Å². The van der Waals surface area contributed by atoms with Crippen molar-refractivity contribution in [1.29, 1.82) is 0 Å². The number of nitrogens with zero attached hydrogens (tertiary/aromatic N) is 1. The molecule has 1 atom stereocenters. The van der Waals surface area contributed by atoms with Gasteiger partial charge < -0.3 is 10.5 Å². The quantitative estimate of drug-likeness (QED) is 0.779. The molecular weight excluding hydrogens is 180 g/mol. The van der Waals surface area contributed by atoms with Gasteiger partial charge in [-0.1, -0.05) is 13.0 Å². The number of amides is 1. The number of ether oxygens (including phenoxy) is 1. The molecule has 0 aromatic carbocycles. The fourth-order valence-corrected chi connectivity index (χ4v) is 1.22. The second-order valence-electron chi connectivity index (χ2n) is 3.21. The molecule has 14 heavy (non-hydrogen) atoms. The number of methoxy groups -OCH3 is 1. The molecule has 0 saturated carbocycles. The van der Waals surface area contributed by atoms with E-state index in [2.05, 4.69) is 4.98 Å². The van der Waals surface area contributed by atoms with E-state index >= 15 is 0 Å². The average molecular weight is 194 g/mol. The number of aromatic nitrogens is 1. The molecule has 0 fully saturated rings. The predicted molar refractivity (Wildman–Crippen MR) is 53.0 cm³/mol. The fourth-order valence-electron chi connectivity index (χ4n) is 1.22. The lowest BCUT2D eigenvalue weighted by atomic mass is 9.99. The Labute approximate surface area is 83.1 Å². The summed E-state index contributed by atoms with van der Waals surface area (Å²) in [5, 5.41) is 0. The normalized spacial score (nSPS) is 12.1. The molecule has 4 nitrogen and oxygen atoms in total. The highest BCUT2D eigenvalue weighted by Crippen LogP contribution is 2.19. The van der Waals surface area contributed by atoms with Crippen molar-refractivity contribution in [3.63, 3.8) is 0 Å². The zero-order valence-electron chi connectivity index (χ0n) is 8.36. The minimum atomic E-state index is -0.298. The summed E-state index contributed by atoms with van der Waals surface area (Å²) in [6, 6.07) is 3.66. The third-order valence-corrected chi connectivity index (χ3v) is 2.04. The van der Waals surface area contributed by atoms with Gasteiger partial charge in [-0.05, 0) is 11.5 Å². The molecule has 0 saturated heterocycles. The van der Waals surface area contributed by atoms with Crippen LogP contribution in [0.4, 0.5) is 0 Å². The predicted octanol–water partition coefficient (Wildman–Crippen LogP) is 1.07. The van der Waals surface area contributed by atoms with Crippen LogP contribution in [0, 0.1) is 0 Å². The van der Waals surface area contributed by atoms with E-state index in [1.165, 1.54) is 0 Å². The summed E-state index contributed by atoms with van der Waals surface area (Å²) in [4.78, 5) is 14.7. The standard InChI is InChI=1S/C10H14N2O2/c1-7(5-9(11)13)8-3-4-10(14-2)12-6-8/h3-4,6-7H,5H2,1-2H3,(H2,11,13). The molecule has 0 spiro atoms. The number of carbonyl (C=O) groups excluding carboxylic acids is 1. The zero-order valence-corrected chi connectivity index (χ0v) is 8.36. The molecule has 1 aromatic rings. The van der Waals surface area contributed by atoms with Gasteiger partial charge in [-0.25, -0.2) is 4.98 Å². The Morgan fingerprint density at radius 3 is 2.79 bits per heavy atom. The van der Waals surface area contributed by atoms with Crippen molar-refractivity contribution in [2.24, 2.45) is 5.73 Å². The van der Waals surface area contributed by atoms with Crippen LogP contribution in [0.25, 0.3) is 0 Å². The van der Waals surface area contributed by atoms with Gasteiger partial charge in [0.15, 0.2) is 0 Å². The third kappa shape index (κ3) is 2.73. The molecule has 4 heteroatoms. The maximum atomic E-state index is 10.7. The van der Waals surface area contributed by atoms with Gasteiger partial charge in [-0.2, -0.15) is 0 Å². The lowest BCUT2D eigenvalue weighted by molar-refractivity contribution is -0.118. The maximum Gasteiger partial charge on any atom is 0.218 e. The monoisotopic (exact) mass is 194 g/mol. The minimum Gasteiger partial charge on any atom is -0.481 e. The topological polar surface area (TPSA) is 65.2 Å². The van der Waals surface area contributed by atoms with Gasteiger partial charge in [0.05, 0.1) is 7.11 Å². The van der Waals surface area contributed by atoms with Crippen molar-refractivity contribution in [3.05, 3.63) is 23.9 Å². The van der Waals surface area contributed by atoms with E-state index in [0.29, 0.717) is 12.3 Å². The van der Waals surface area contributed by atoms with E-state index < -0.39 is 0 Å². The van der Waals surface area contributed by atoms with Crippen molar-refractivity contribution in [2.75, 3.05) is 7.11 Å². The van der Waals surface area contributed by atoms with Crippen molar-refractivity contribution in [1.82, 2.24) is 4.98 Å². The summed E-state index contributed by atoms with van der Waals surface area (Å²) >= 11 is 0. The van der Waals surface area contributed by atoms with Crippen LogP contribution in [0.1, 0.15) is 24.8 Å². The van der Waals surface area contributed by atoms with E-state index in [9.17, 15) is 4.79 Å². The number of nitrogens with two attached hydrogens (primary N) is 1. The second kappa shape index (κ2) is 4.60. The third-order valence-electron chi connectivity index (χ3n) is 2.04. The molecule has 76 valence electrons. The molecule has 1 unspecified atom stereocenters. The number of pyridine rings is 1. The molecule has 2 N–H and O–H groups in total. The Hall–Kier alpha value is -1.58. The SMILES string of the molecule is COc1ccc(C(C)CC(N)=O)cn1. The molecule has 1 amide bonds. The Bertz CT molecular complexity index is 308. The first kappa shape index (κ1) is 10.5. The lowest BCUT2D eigenvalue weighted by Gasteiger charge is -2.09. The van der Waals surface area contributed by atoms with E-state index in [0.717, 1.165) is 5.56 Å². The lowest BCUT2D eigenvalue weighted by Crippen LogP contribution is -2.13. The van der Waals surface area contributed by atoms with Crippen molar-refractivity contribution in [3.8, 4) is 5.88 Å². The summed E-state index contributed by atoms with van der Waals surface area (Å²) in [7, 11) is 1.56. The fraction of sp³-hybridized carbons (Fsp3) is 0.400. The summed E-state index contributed by atoms with van der Waals surface area (Å²) < 4.78 is 4.93. The van der Waals surface area contributed by atoms with E-state index in [-0.39, 0.29) is 11.8 Å². The summed E-state index contributed by atoms with van der Waals surface area (Å²) in [6.07, 6.45) is 2.04. The van der Waals surface area contributed by atoms with Crippen LogP contribution >= 0.6 is 0 Å². The first-order valence-electron chi connectivity index (χ1n) is 4.41. The largest absolute Gasteiger partial charge is 0.481 e. The highest BCUT2D eigenvalue weighted by molar-refractivity contribution is 5.74. The number of hydrogen-bond acceptors (Lipinski definition) is 3. The molecule has 0 aliphatic heterocycles. The first-order valence-corrected chi connectivity index (χ1v) is 4.41. The van der Waals surface area contributed by atoms with Crippen LogP contribution in [0.15, 0.2) is 18.3 Å². The molecular formula is C10H14N2O2.